The van der Waals surface area contributed by atoms with Gasteiger partial charge in [0.25, 0.3) is 5.56 Å². The standard InChI is InChI=1S/C23H26N2O2S/c1-13(2)16-6-8-17(9-7-16)19(26)12-25-15(4)24-22-21(23(25)27)18-10-5-14(3)11-20(18)28-22/h6-9,13-14H,5,10-12H2,1-4H3. The zero-order chi connectivity index (χ0) is 20.0. The monoisotopic (exact) mass is 394 g/mol. The lowest BCUT2D eigenvalue weighted by Crippen LogP contribution is -2.28. The topological polar surface area (TPSA) is 52.0 Å². The van der Waals surface area contributed by atoms with Gasteiger partial charge in [-0.15, -0.1) is 11.3 Å². The molecule has 1 atom stereocenters. The van der Waals surface area contributed by atoms with Crippen molar-refractivity contribution in [3.05, 3.63) is 62.0 Å². The van der Waals surface area contributed by atoms with Crippen LogP contribution in [0.5, 0.6) is 0 Å². The summed E-state index contributed by atoms with van der Waals surface area (Å²) in [4.78, 5) is 32.9. The first kappa shape index (κ1) is 19.1. The second-order valence-electron chi connectivity index (χ2n) is 8.28. The Kier molecular flexibility index (Phi) is 4.96. The summed E-state index contributed by atoms with van der Waals surface area (Å²) in [5.41, 5.74) is 2.93. The number of ketones is 1. The molecule has 0 aliphatic heterocycles. The van der Waals surface area contributed by atoms with Crippen molar-refractivity contribution < 1.29 is 4.79 Å². The van der Waals surface area contributed by atoms with Crippen LogP contribution >= 0.6 is 11.3 Å². The van der Waals surface area contributed by atoms with Crippen LogP contribution in [0.4, 0.5) is 0 Å². The number of hydrogen-bond donors (Lipinski definition) is 0. The maximum absolute atomic E-state index is 13.3. The lowest BCUT2D eigenvalue weighted by molar-refractivity contribution is 0.0969. The Morgan fingerprint density at radius 1 is 1.29 bits per heavy atom. The van der Waals surface area contributed by atoms with E-state index in [-0.39, 0.29) is 17.9 Å². The van der Waals surface area contributed by atoms with Crippen LogP contribution < -0.4 is 5.56 Å². The summed E-state index contributed by atoms with van der Waals surface area (Å²) < 4.78 is 1.55. The van der Waals surface area contributed by atoms with Crippen LogP contribution in [0, 0.1) is 12.8 Å². The van der Waals surface area contributed by atoms with Gasteiger partial charge in [-0.25, -0.2) is 4.98 Å². The normalized spacial score (nSPS) is 16.5. The van der Waals surface area contributed by atoms with Gasteiger partial charge in [-0.2, -0.15) is 0 Å². The fourth-order valence-corrected chi connectivity index (χ4v) is 5.42. The van der Waals surface area contributed by atoms with Crippen molar-refractivity contribution >= 4 is 27.3 Å². The Balaban J connectivity index is 1.70. The molecule has 3 aromatic rings. The van der Waals surface area contributed by atoms with Crippen LogP contribution in [-0.4, -0.2) is 15.3 Å². The second kappa shape index (κ2) is 7.28. The van der Waals surface area contributed by atoms with Gasteiger partial charge in [0, 0.05) is 10.4 Å². The molecule has 4 nitrogen and oxygen atoms in total. The van der Waals surface area contributed by atoms with Crippen molar-refractivity contribution in [1.29, 1.82) is 0 Å². The Labute approximate surface area is 169 Å². The lowest BCUT2D eigenvalue weighted by Gasteiger charge is -2.17. The third-order valence-corrected chi connectivity index (χ3v) is 6.96. The van der Waals surface area contributed by atoms with Crippen LogP contribution in [0.3, 0.4) is 0 Å². The minimum atomic E-state index is -0.0679. The molecule has 1 aliphatic carbocycles. The van der Waals surface area contributed by atoms with Crippen LogP contribution in [0.25, 0.3) is 10.2 Å². The predicted molar refractivity (Wildman–Crippen MR) is 115 cm³/mol. The summed E-state index contributed by atoms with van der Waals surface area (Å²) in [6, 6.07) is 7.70. The zero-order valence-corrected chi connectivity index (χ0v) is 17.7. The van der Waals surface area contributed by atoms with Crippen LogP contribution in [0.15, 0.2) is 29.1 Å². The fourth-order valence-electron chi connectivity index (χ4n) is 4.00. The van der Waals surface area contributed by atoms with E-state index in [0.717, 1.165) is 35.0 Å². The molecule has 4 rings (SSSR count). The molecule has 0 radical (unpaired) electrons. The van der Waals surface area contributed by atoms with Crippen molar-refractivity contribution in [3.63, 3.8) is 0 Å². The van der Waals surface area contributed by atoms with Gasteiger partial charge in [0.2, 0.25) is 0 Å². The quantitative estimate of drug-likeness (QED) is 0.592. The highest BCUT2D eigenvalue weighted by molar-refractivity contribution is 7.18. The predicted octanol–water partition coefficient (Wildman–Crippen LogP) is 4.90. The summed E-state index contributed by atoms with van der Waals surface area (Å²) in [6.07, 6.45) is 3.06. The number of nitrogens with zero attached hydrogens (tertiary/aromatic N) is 2. The molecule has 146 valence electrons. The largest absolute Gasteiger partial charge is 0.292 e. The van der Waals surface area contributed by atoms with E-state index in [1.165, 1.54) is 10.4 Å². The maximum Gasteiger partial charge on any atom is 0.262 e. The van der Waals surface area contributed by atoms with Crippen LogP contribution in [-0.2, 0) is 19.4 Å². The third kappa shape index (κ3) is 3.32. The molecule has 0 amide bonds. The highest BCUT2D eigenvalue weighted by Crippen LogP contribution is 2.35. The number of Topliss-reactive ketones (excluding diaryl/α,β-unsaturated/α-hetero) is 1. The number of rotatable bonds is 4. The summed E-state index contributed by atoms with van der Waals surface area (Å²) >= 11 is 1.65. The van der Waals surface area contributed by atoms with Crippen molar-refractivity contribution in [2.24, 2.45) is 5.92 Å². The Hall–Kier alpha value is -2.27. The van der Waals surface area contributed by atoms with Crippen molar-refractivity contribution in [1.82, 2.24) is 9.55 Å². The minimum Gasteiger partial charge on any atom is -0.292 e. The Morgan fingerprint density at radius 3 is 2.68 bits per heavy atom. The second-order valence-corrected chi connectivity index (χ2v) is 9.37. The van der Waals surface area contributed by atoms with Gasteiger partial charge in [-0.1, -0.05) is 45.0 Å². The van der Waals surface area contributed by atoms with E-state index in [1.54, 1.807) is 15.9 Å². The summed E-state index contributed by atoms with van der Waals surface area (Å²) in [6.45, 7) is 8.37. The number of aryl methyl sites for hydroxylation is 2. The van der Waals surface area contributed by atoms with Gasteiger partial charge >= 0.3 is 0 Å². The molecule has 0 spiro atoms. The van der Waals surface area contributed by atoms with E-state index in [9.17, 15) is 9.59 Å². The average Bonchev–Trinajstić information content (AvgIpc) is 3.02. The molecule has 5 heteroatoms. The van der Waals surface area contributed by atoms with E-state index in [2.05, 4.69) is 25.8 Å². The number of hydrogen-bond acceptors (Lipinski definition) is 4. The van der Waals surface area contributed by atoms with Gasteiger partial charge in [0.1, 0.15) is 10.7 Å². The maximum atomic E-state index is 13.3. The molecule has 0 N–H and O–H groups in total. The molecule has 2 heterocycles. The first-order valence-electron chi connectivity index (χ1n) is 10.00. The van der Waals surface area contributed by atoms with E-state index in [4.69, 9.17) is 0 Å². The summed E-state index contributed by atoms with van der Waals surface area (Å²) in [5.74, 6) is 1.63. The Morgan fingerprint density at radius 2 is 2.00 bits per heavy atom. The van der Waals surface area contributed by atoms with Gasteiger partial charge in [-0.3, -0.25) is 14.2 Å². The molecule has 1 aliphatic rings. The van der Waals surface area contributed by atoms with Crippen molar-refractivity contribution in [2.45, 2.75) is 59.4 Å². The molecule has 28 heavy (non-hydrogen) atoms. The summed E-state index contributed by atoms with van der Waals surface area (Å²) in [5, 5.41) is 0.737. The fraction of sp³-hybridized carbons (Fsp3) is 0.435. The molecule has 1 unspecified atom stereocenters. The highest BCUT2D eigenvalue weighted by Gasteiger charge is 2.24. The minimum absolute atomic E-state index is 0.0374. The molecule has 0 saturated heterocycles. The SMILES string of the molecule is Cc1nc2sc3c(c2c(=O)n1CC(=O)c1ccc(C(C)C)cc1)CCC(C)C3. The van der Waals surface area contributed by atoms with E-state index in [0.29, 0.717) is 23.2 Å². The van der Waals surface area contributed by atoms with Gasteiger partial charge in [0.05, 0.1) is 11.9 Å². The van der Waals surface area contributed by atoms with Gasteiger partial charge < -0.3 is 0 Å². The first-order chi connectivity index (χ1) is 13.3. The van der Waals surface area contributed by atoms with Gasteiger partial charge in [0.15, 0.2) is 5.78 Å². The molecule has 0 fully saturated rings. The van der Waals surface area contributed by atoms with Crippen molar-refractivity contribution in [3.8, 4) is 0 Å². The number of thiophene rings is 1. The smallest absolute Gasteiger partial charge is 0.262 e. The zero-order valence-electron chi connectivity index (χ0n) is 16.9. The van der Waals surface area contributed by atoms with Gasteiger partial charge in [-0.05, 0) is 49.1 Å². The molecular weight excluding hydrogens is 368 g/mol. The number of aromatic nitrogens is 2. The van der Waals surface area contributed by atoms with Crippen molar-refractivity contribution in [2.75, 3.05) is 0 Å². The molecule has 2 aromatic heterocycles. The molecule has 1 aromatic carbocycles. The first-order valence-corrected chi connectivity index (χ1v) is 10.8. The number of benzene rings is 1. The summed E-state index contributed by atoms with van der Waals surface area (Å²) in [7, 11) is 0. The number of carbonyl (C=O) groups is 1. The average molecular weight is 395 g/mol. The van der Waals surface area contributed by atoms with Crippen LogP contribution in [0.2, 0.25) is 0 Å². The molecule has 0 bridgehead atoms. The van der Waals surface area contributed by atoms with E-state index >= 15 is 0 Å². The third-order valence-electron chi connectivity index (χ3n) is 5.81. The highest BCUT2D eigenvalue weighted by atomic mass is 32.1. The number of fused-ring (bicyclic) bond motifs is 3. The van der Waals surface area contributed by atoms with Crippen LogP contribution in [0.1, 0.15) is 65.3 Å². The van der Waals surface area contributed by atoms with E-state index in [1.807, 2.05) is 31.2 Å². The number of carbonyl (C=O) groups excluding carboxylic acids is 1. The Bertz CT molecular complexity index is 1110. The lowest BCUT2D eigenvalue weighted by atomic mass is 9.89. The molecular formula is C23H26N2O2S. The van der Waals surface area contributed by atoms with E-state index < -0.39 is 0 Å². The molecule has 0 saturated carbocycles.